The number of carbonyl (C=O) groups is 1. The fourth-order valence-electron chi connectivity index (χ4n) is 5.10. The maximum atomic E-state index is 12.7. The third-order valence-corrected chi connectivity index (χ3v) is 6.74. The minimum atomic E-state index is 0.327. The number of amides is 1. The highest BCUT2D eigenvalue weighted by Crippen LogP contribution is 2.35. The van der Waals surface area contributed by atoms with Crippen molar-refractivity contribution >= 4 is 23.3 Å². The predicted octanol–water partition coefficient (Wildman–Crippen LogP) is 4.56. The van der Waals surface area contributed by atoms with Crippen molar-refractivity contribution in [2.75, 3.05) is 13.2 Å². The van der Waals surface area contributed by atoms with Crippen LogP contribution in [0.3, 0.4) is 0 Å². The molecule has 1 saturated heterocycles. The first-order valence-electron chi connectivity index (χ1n) is 11.0. The number of nitrogens with zero attached hydrogens (tertiary/aromatic N) is 1. The average Bonchev–Trinajstić information content (AvgIpc) is 2.93. The molecule has 2 aliphatic carbocycles. The second-order valence-electron chi connectivity index (χ2n) is 8.41. The molecule has 1 heterocycles. The summed E-state index contributed by atoms with van der Waals surface area (Å²) < 4.78 is 5.68. The maximum absolute atomic E-state index is 12.7. The fraction of sp³-hybridized carbons (Fsp3) is 0.905. The van der Waals surface area contributed by atoms with E-state index in [1.54, 1.807) is 0 Å². The van der Waals surface area contributed by atoms with Gasteiger partial charge in [0.1, 0.15) is 0 Å². The number of piperidine rings is 1. The molecule has 2 saturated carbocycles. The summed E-state index contributed by atoms with van der Waals surface area (Å²) in [6.45, 7) is 1.51. The number of hydrogen-bond donors (Lipinski definition) is 1. The van der Waals surface area contributed by atoms with E-state index in [4.69, 9.17) is 17.0 Å². The highest BCUT2D eigenvalue weighted by Gasteiger charge is 2.35. The van der Waals surface area contributed by atoms with Crippen LogP contribution in [0.25, 0.3) is 0 Å². The summed E-state index contributed by atoms with van der Waals surface area (Å²) in [4.78, 5) is 14.9. The second kappa shape index (κ2) is 10.5. The number of hydrogen-bond acceptors (Lipinski definition) is 3. The van der Waals surface area contributed by atoms with Crippen molar-refractivity contribution in [1.29, 1.82) is 0 Å². The smallest absolute Gasteiger partial charge is 0.256 e. The molecule has 3 rings (SSSR count). The molecule has 0 aromatic carbocycles. The van der Waals surface area contributed by atoms with Crippen LogP contribution in [0.15, 0.2) is 0 Å². The Kier molecular flexibility index (Phi) is 8.03. The number of likely N-dealkylation sites (tertiary alicyclic amines) is 1. The lowest BCUT2D eigenvalue weighted by Crippen LogP contribution is -2.49. The van der Waals surface area contributed by atoms with Crippen molar-refractivity contribution in [2.45, 2.75) is 102 Å². The first-order valence-corrected chi connectivity index (χ1v) is 11.4. The Balaban J connectivity index is 1.32. The van der Waals surface area contributed by atoms with E-state index in [2.05, 4.69) is 10.2 Å². The van der Waals surface area contributed by atoms with Crippen LogP contribution in [-0.2, 0) is 9.53 Å². The van der Waals surface area contributed by atoms with Crippen molar-refractivity contribution in [2.24, 2.45) is 5.92 Å². The topological polar surface area (TPSA) is 41.6 Å². The van der Waals surface area contributed by atoms with Gasteiger partial charge in [0.2, 0.25) is 5.91 Å². The van der Waals surface area contributed by atoms with Crippen molar-refractivity contribution in [3.8, 4) is 0 Å². The minimum absolute atomic E-state index is 0.327. The van der Waals surface area contributed by atoms with E-state index in [0.717, 1.165) is 18.9 Å². The van der Waals surface area contributed by atoms with E-state index < -0.39 is 0 Å². The Morgan fingerprint density at radius 3 is 2.46 bits per heavy atom. The summed E-state index contributed by atoms with van der Waals surface area (Å²) in [7, 11) is 0. The molecule has 2 atom stereocenters. The first kappa shape index (κ1) is 19.9. The molecule has 0 radical (unpaired) electrons. The Bertz CT molecular complexity index is 461. The average molecular weight is 381 g/mol. The number of carbonyl (C=O) groups excluding carboxylic acids is 1. The van der Waals surface area contributed by atoms with Gasteiger partial charge < -0.3 is 15.0 Å². The van der Waals surface area contributed by atoms with E-state index in [0.29, 0.717) is 36.2 Å². The lowest BCUT2D eigenvalue weighted by molar-refractivity contribution is -0.137. The number of rotatable bonds is 5. The monoisotopic (exact) mass is 380 g/mol. The maximum Gasteiger partial charge on any atom is 0.256 e. The molecule has 3 fully saturated rings. The fourth-order valence-corrected chi connectivity index (χ4v) is 5.35. The molecule has 0 bridgehead atoms. The normalized spacial score (nSPS) is 27.3. The molecule has 1 unspecified atom stereocenters. The molecule has 0 aromatic heterocycles. The Morgan fingerprint density at radius 1 is 0.962 bits per heavy atom. The van der Waals surface area contributed by atoms with E-state index >= 15 is 0 Å². The van der Waals surface area contributed by atoms with Crippen LogP contribution in [-0.4, -0.2) is 41.2 Å². The van der Waals surface area contributed by atoms with Gasteiger partial charge in [-0.15, -0.1) is 0 Å². The van der Waals surface area contributed by atoms with Crippen LogP contribution in [0.1, 0.15) is 89.9 Å². The van der Waals surface area contributed by atoms with Gasteiger partial charge in [-0.3, -0.25) is 4.79 Å². The van der Waals surface area contributed by atoms with Crippen molar-refractivity contribution < 1.29 is 9.53 Å². The summed E-state index contributed by atoms with van der Waals surface area (Å²) in [5.41, 5.74) is 0. The van der Waals surface area contributed by atoms with E-state index in [-0.39, 0.29) is 0 Å². The molecule has 0 aromatic rings. The lowest BCUT2D eigenvalue weighted by atomic mass is 9.78. The van der Waals surface area contributed by atoms with Gasteiger partial charge in [0.05, 0.1) is 6.61 Å². The number of thiocarbonyl (C=S) groups is 1. The molecule has 1 N–H and O–H groups in total. The number of fused-ring (bicyclic) bond motifs is 1. The summed E-state index contributed by atoms with van der Waals surface area (Å²) in [6.07, 6.45) is 16.7. The van der Waals surface area contributed by atoms with Gasteiger partial charge in [-0.05, 0) is 63.1 Å². The molecular weight excluding hydrogens is 344 g/mol. The number of ether oxygens (including phenoxy) is 1. The van der Waals surface area contributed by atoms with Gasteiger partial charge in [0.15, 0.2) is 0 Å². The van der Waals surface area contributed by atoms with Crippen molar-refractivity contribution in [3.63, 3.8) is 0 Å². The second-order valence-corrected chi connectivity index (χ2v) is 8.78. The van der Waals surface area contributed by atoms with Crippen molar-refractivity contribution in [1.82, 2.24) is 10.2 Å². The molecule has 148 valence electrons. The molecule has 1 aliphatic heterocycles. The van der Waals surface area contributed by atoms with Crippen LogP contribution in [0, 0.1) is 5.92 Å². The zero-order valence-electron chi connectivity index (χ0n) is 16.2. The predicted molar refractivity (Wildman–Crippen MR) is 109 cm³/mol. The molecule has 3 aliphatic rings. The van der Waals surface area contributed by atoms with E-state index in [1.807, 2.05) is 0 Å². The van der Waals surface area contributed by atoms with Crippen LogP contribution in [0.4, 0.5) is 0 Å². The lowest BCUT2D eigenvalue weighted by Gasteiger charge is -2.44. The van der Waals surface area contributed by atoms with Crippen LogP contribution in [0.5, 0.6) is 0 Å². The highest BCUT2D eigenvalue weighted by atomic mass is 32.1. The summed E-state index contributed by atoms with van der Waals surface area (Å²) >= 11 is 5.33. The van der Waals surface area contributed by atoms with Crippen LogP contribution < -0.4 is 5.32 Å². The van der Waals surface area contributed by atoms with Gasteiger partial charge >= 0.3 is 0 Å². The van der Waals surface area contributed by atoms with Gasteiger partial charge in [-0.25, -0.2) is 0 Å². The van der Waals surface area contributed by atoms with Crippen LogP contribution in [0.2, 0.25) is 0 Å². The van der Waals surface area contributed by atoms with Gasteiger partial charge in [0.25, 0.3) is 5.17 Å². The Labute approximate surface area is 164 Å². The number of nitrogens with one attached hydrogen (secondary N) is 1. The SMILES string of the molecule is O=C(CCCOC(=S)NC1CCCCCC1)N1CCCC2CCCC[C@@H]21. The molecule has 5 heteroatoms. The standard InChI is InChI=1S/C21H36N2O2S/c24-20(23-15-7-10-17-9-5-6-13-19(17)23)14-8-16-25-21(26)22-18-11-3-1-2-4-12-18/h17-19H,1-16H2,(H,22,26)/t17?,19-/m0/s1. The third-order valence-electron chi connectivity index (χ3n) is 6.51. The van der Waals surface area contributed by atoms with Crippen molar-refractivity contribution in [3.05, 3.63) is 0 Å². The van der Waals surface area contributed by atoms with Gasteiger partial charge in [-0.1, -0.05) is 38.5 Å². The zero-order valence-corrected chi connectivity index (χ0v) is 17.0. The minimum Gasteiger partial charge on any atom is -0.471 e. The largest absolute Gasteiger partial charge is 0.471 e. The highest BCUT2D eigenvalue weighted by molar-refractivity contribution is 7.80. The van der Waals surface area contributed by atoms with E-state index in [9.17, 15) is 4.79 Å². The molecule has 0 spiro atoms. The summed E-state index contributed by atoms with van der Waals surface area (Å²) in [6, 6.07) is 0.993. The molecule has 4 nitrogen and oxygen atoms in total. The quantitative estimate of drug-likeness (QED) is 0.431. The van der Waals surface area contributed by atoms with Gasteiger partial charge in [0, 0.05) is 25.0 Å². The third kappa shape index (κ3) is 5.83. The zero-order chi connectivity index (χ0) is 18.2. The van der Waals surface area contributed by atoms with Crippen LogP contribution >= 0.6 is 12.2 Å². The Morgan fingerprint density at radius 2 is 1.65 bits per heavy atom. The molecule has 1 amide bonds. The Hall–Kier alpha value is -0.840. The van der Waals surface area contributed by atoms with Gasteiger partial charge in [-0.2, -0.15) is 0 Å². The molecular formula is C21H36N2O2S. The summed E-state index contributed by atoms with van der Waals surface area (Å²) in [5, 5.41) is 3.88. The molecule has 26 heavy (non-hydrogen) atoms. The first-order chi connectivity index (χ1) is 12.7. The summed E-state index contributed by atoms with van der Waals surface area (Å²) in [5.74, 6) is 1.09. The van der Waals surface area contributed by atoms with E-state index in [1.165, 1.54) is 77.0 Å².